The molecule has 4 aromatic rings. The van der Waals surface area contributed by atoms with Gasteiger partial charge in [0.15, 0.2) is 11.5 Å². The molecule has 0 bridgehead atoms. The predicted molar refractivity (Wildman–Crippen MR) is 360 cm³/mol. The third-order valence-electron chi connectivity index (χ3n) is 17.6. The number of nitrogens with zero attached hydrogens (tertiary/aromatic N) is 3. The summed E-state index contributed by atoms with van der Waals surface area (Å²) < 4.78 is 74.7. The Labute approximate surface area is 552 Å². The number of aliphatic carboxylic acids is 2. The number of hydrogen-bond acceptors (Lipinski definition) is 13. The number of Topliss-reactive ketones (excluding diaryl/α,β-unsaturated/α-hetero) is 2. The van der Waals surface area contributed by atoms with Crippen molar-refractivity contribution in [3.63, 3.8) is 0 Å². The van der Waals surface area contributed by atoms with Crippen LogP contribution in [0.2, 0.25) is 0 Å². The molecule has 1 aromatic heterocycles. The molecule has 1 unspecified atom stereocenters. The second kappa shape index (κ2) is 34.9. The summed E-state index contributed by atoms with van der Waals surface area (Å²) in [5.74, 6) is -3.92. The van der Waals surface area contributed by atoms with Crippen LogP contribution in [-0.4, -0.2) is 135 Å². The van der Waals surface area contributed by atoms with Gasteiger partial charge in [0.05, 0.1) is 35.2 Å². The lowest BCUT2D eigenvalue weighted by molar-refractivity contribution is -0.438. The summed E-state index contributed by atoms with van der Waals surface area (Å²) in [6, 6.07) is 20.6. The number of carboxylic acids is 2. The predicted octanol–water partition coefficient (Wildman–Crippen LogP) is 10.8. The van der Waals surface area contributed by atoms with Crippen LogP contribution in [0, 0.1) is 5.92 Å². The molecule has 22 nitrogen and oxygen atoms in total. The Hall–Kier alpha value is -8.06. The number of aromatic nitrogens is 2. The molecule has 3 aromatic carbocycles. The third-order valence-corrected chi connectivity index (χ3v) is 19.2. The van der Waals surface area contributed by atoms with Crippen molar-refractivity contribution in [1.29, 1.82) is 0 Å². The van der Waals surface area contributed by atoms with E-state index in [-0.39, 0.29) is 80.5 Å². The normalized spacial score (nSPS) is 17.3. The first-order valence-electron chi connectivity index (χ1n) is 32.7. The Morgan fingerprint density at radius 1 is 0.766 bits per heavy atom. The lowest BCUT2D eigenvalue weighted by Crippen LogP contribution is -2.46. The van der Waals surface area contributed by atoms with E-state index in [1.54, 1.807) is 37.4 Å². The van der Waals surface area contributed by atoms with Gasteiger partial charge >= 0.3 is 18.0 Å². The monoisotopic (exact) mass is 1330 g/mol. The van der Waals surface area contributed by atoms with Crippen molar-refractivity contribution in [2.24, 2.45) is 5.92 Å². The molecule has 4 atom stereocenters. The molecule has 1 aliphatic carbocycles. The molecule has 3 heterocycles. The van der Waals surface area contributed by atoms with Crippen molar-refractivity contribution in [3.05, 3.63) is 155 Å². The van der Waals surface area contributed by atoms with Crippen molar-refractivity contribution < 1.29 is 74.2 Å². The highest BCUT2D eigenvalue weighted by atomic mass is 32.2. The second-order valence-electron chi connectivity index (χ2n) is 25.1. The van der Waals surface area contributed by atoms with E-state index in [1.165, 1.54) is 6.33 Å². The van der Waals surface area contributed by atoms with E-state index in [0.717, 1.165) is 77.2 Å². The maximum absolute atomic E-state index is 14.1. The van der Waals surface area contributed by atoms with Gasteiger partial charge in [0.25, 0.3) is 20.2 Å². The third kappa shape index (κ3) is 22.0. The average molecular weight is 1340 g/mol. The molecule has 0 radical (unpaired) electrons. The summed E-state index contributed by atoms with van der Waals surface area (Å²) in [7, 11) is -8.25. The summed E-state index contributed by atoms with van der Waals surface area (Å²) in [5, 5.41) is 27.7. The maximum atomic E-state index is 14.1. The van der Waals surface area contributed by atoms with Crippen LogP contribution in [0.4, 0.5) is 16.2 Å². The number of amides is 3. The largest absolute Gasteiger partial charge is 0.481 e. The lowest BCUT2D eigenvalue weighted by Gasteiger charge is -2.24. The van der Waals surface area contributed by atoms with Crippen molar-refractivity contribution in [2.45, 2.75) is 180 Å². The number of H-pyrrole nitrogens is 1. The molecular formula is C70H92N7O15S2+. The number of urea groups is 1. The van der Waals surface area contributed by atoms with Gasteiger partial charge in [-0.2, -0.15) is 21.4 Å². The lowest BCUT2D eigenvalue weighted by atomic mass is 9.81. The standard InChI is InChI=1S/C70H91N7O15S2/c1-5-72-69(85)75-58(68(83)84)36-33-54(78)23-10-8-6-7-9-11-28-65(80)74-59(45-53-46-71-47-73-53)63(79)44-52(67(81)82)43-49-29-34-55(35-30-49)92-66-50(31-37-60-48(2)56-24-12-14-26-61(56)76(60)39-16-18-41-93(86,87)88)21-20-22-51(66)32-38-64-70(3,4)57-25-13-15-27-62(57)77(64)40-17-19-42-94(89,90)91/h12-15,24-27,29-32,34-35,37-38,46-48,52,58-59H,5-11,16-23,28,33,36,39-45H2,1-4H3,(H7-,71,72,73,74,75,80,81,82,83,84,85,86,87,88,89,90,91)/p+1/t48?,52-,58+,59+/m1/s1. The number of para-hydroxylation sites is 2. The van der Waals surface area contributed by atoms with Gasteiger partial charge < -0.3 is 40.8 Å². The van der Waals surface area contributed by atoms with Gasteiger partial charge in [-0.05, 0) is 138 Å². The van der Waals surface area contributed by atoms with Gasteiger partial charge in [0.2, 0.25) is 11.6 Å². The number of ketones is 2. The van der Waals surface area contributed by atoms with E-state index < -0.39 is 67.4 Å². The Balaban J connectivity index is 1.05. The first-order chi connectivity index (χ1) is 44.8. The highest BCUT2D eigenvalue weighted by Crippen LogP contribution is 2.45. The van der Waals surface area contributed by atoms with Gasteiger partial charge in [-0.25, -0.2) is 14.6 Å². The quantitative estimate of drug-likeness (QED) is 0.0117. The minimum Gasteiger partial charge on any atom is -0.481 e. The highest BCUT2D eigenvalue weighted by molar-refractivity contribution is 7.86. The van der Waals surface area contributed by atoms with E-state index in [0.29, 0.717) is 87.3 Å². The number of carbonyl (C=O) groups excluding carboxylic acids is 4. The molecule has 24 heteroatoms. The van der Waals surface area contributed by atoms with Crippen molar-refractivity contribution >= 4 is 72.8 Å². The SMILES string of the molecule is CCNC(=O)N[C@@H](CCC(=O)CCCCCCCCC(=O)N[C@@H](Cc1cnc[nH]1)C(=O)C[C@@H](Cc1ccc(OC2=C(/C=C/C3=[N+](CCCCS(=O)(=O)O)c4ccccc4C3(C)C)CCC/C2=C\C=C2/C(C)c3ccccc3N2CCCCS(=O)(=O)O)cc1)C(=O)O)C(=O)O. The van der Waals surface area contributed by atoms with Gasteiger partial charge in [-0.15, -0.1) is 0 Å². The second-order valence-corrected chi connectivity index (χ2v) is 28.2. The summed E-state index contributed by atoms with van der Waals surface area (Å²) in [6.07, 6.45) is 19.6. The molecule has 3 aliphatic rings. The molecule has 2 aliphatic heterocycles. The van der Waals surface area contributed by atoms with E-state index in [4.69, 9.17) is 4.74 Å². The number of anilines is 1. The smallest absolute Gasteiger partial charge is 0.326 e. The first-order valence-corrected chi connectivity index (χ1v) is 35.9. The molecule has 8 N–H and O–H groups in total. The molecule has 7 rings (SSSR count). The Kier molecular flexibility index (Phi) is 27.2. The van der Waals surface area contributed by atoms with Gasteiger partial charge in [-0.1, -0.05) is 87.2 Å². The van der Waals surface area contributed by atoms with Gasteiger partial charge in [0, 0.05) is 98.5 Å². The molecular weight excluding hydrogens is 1240 g/mol. The van der Waals surface area contributed by atoms with Crippen LogP contribution in [0.1, 0.15) is 172 Å². The minimum absolute atomic E-state index is 0.00138. The average Bonchev–Trinajstić information content (AvgIpc) is 1.61. The van der Waals surface area contributed by atoms with E-state index >= 15 is 0 Å². The van der Waals surface area contributed by atoms with Crippen LogP contribution in [-0.2, 0) is 62.5 Å². The van der Waals surface area contributed by atoms with Crippen LogP contribution < -0.4 is 25.6 Å². The summed E-state index contributed by atoms with van der Waals surface area (Å²) in [6.45, 7) is 9.53. The Morgan fingerprint density at radius 2 is 1.45 bits per heavy atom. The van der Waals surface area contributed by atoms with Gasteiger partial charge in [0.1, 0.15) is 29.9 Å². The number of carboxylic acid groups (broad SMARTS) is 2. The number of fused-ring (bicyclic) bond motifs is 2. The Morgan fingerprint density at radius 3 is 2.13 bits per heavy atom. The zero-order chi connectivity index (χ0) is 68.0. The van der Waals surface area contributed by atoms with Crippen LogP contribution in [0.3, 0.4) is 0 Å². The van der Waals surface area contributed by atoms with Crippen molar-refractivity contribution in [3.8, 4) is 5.75 Å². The number of unbranched alkanes of at least 4 members (excludes halogenated alkanes) is 7. The molecule has 508 valence electrons. The topological polar surface area (TPSA) is 332 Å². The molecule has 0 spiro atoms. The number of imidazole rings is 1. The fourth-order valence-corrected chi connectivity index (χ4v) is 13.7. The van der Waals surface area contributed by atoms with Crippen molar-refractivity contribution in [1.82, 2.24) is 25.9 Å². The summed E-state index contributed by atoms with van der Waals surface area (Å²) in [5.41, 5.74) is 8.95. The summed E-state index contributed by atoms with van der Waals surface area (Å²) in [4.78, 5) is 85.5. The van der Waals surface area contributed by atoms with Crippen molar-refractivity contribution in [2.75, 3.05) is 36.0 Å². The van der Waals surface area contributed by atoms with Gasteiger partial charge in [-0.3, -0.25) is 28.3 Å². The van der Waals surface area contributed by atoms with Crippen LogP contribution in [0.5, 0.6) is 5.75 Å². The maximum Gasteiger partial charge on any atom is 0.326 e. The van der Waals surface area contributed by atoms with Crippen LogP contribution in [0.15, 0.2) is 132 Å². The minimum atomic E-state index is -4.13. The molecule has 0 saturated heterocycles. The Bertz CT molecular complexity index is 3710. The number of aromatic amines is 1. The molecule has 0 saturated carbocycles. The van der Waals surface area contributed by atoms with E-state index in [2.05, 4.69) is 105 Å². The van der Waals surface area contributed by atoms with E-state index in [1.807, 2.05) is 24.3 Å². The van der Waals surface area contributed by atoms with Crippen LogP contribution in [0.25, 0.3) is 0 Å². The number of allylic oxidation sites excluding steroid dienone is 7. The molecule has 94 heavy (non-hydrogen) atoms. The zero-order valence-corrected chi connectivity index (χ0v) is 56.0. The number of hydrogen-bond donors (Lipinski definition) is 8. The highest BCUT2D eigenvalue weighted by Gasteiger charge is 2.44. The van der Waals surface area contributed by atoms with Crippen LogP contribution >= 0.6 is 0 Å². The first kappa shape index (κ1) is 73.4. The number of nitrogens with one attached hydrogen (secondary N) is 4. The molecule has 3 amide bonds. The fourth-order valence-electron chi connectivity index (χ4n) is 12.6. The number of benzene rings is 3. The number of rotatable bonds is 39. The fraction of sp³-hybridized carbons (Fsp3) is 0.486. The number of carbonyl (C=O) groups is 6. The van der Waals surface area contributed by atoms with E-state index in [9.17, 15) is 64.9 Å². The molecule has 0 fully saturated rings. The summed E-state index contributed by atoms with van der Waals surface area (Å²) >= 11 is 0. The number of ether oxygens (including phenoxy) is 1. The zero-order valence-electron chi connectivity index (χ0n) is 54.3.